The van der Waals surface area contributed by atoms with Gasteiger partial charge >= 0.3 is 0 Å². The molecule has 0 fully saturated rings. The Labute approximate surface area is 111 Å². The minimum Gasteiger partial charge on any atom is -0.383 e. The normalized spacial score (nSPS) is 13.2. The Kier molecular flexibility index (Phi) is 4.98. The van der Waals surface area contributed by atoms with E-state index < -0.39 is 21.0 Å². The van der Waals surface area contributed by atoms with E-state index in [4.69, 9.17) is 4.74 Å². The molecule has 0 unspecified atom stereocenters. The van der Waals surface area contributed by atoms with Gasteiger partial charge in [-0.25, -0.2) is 13.1 Å². The van der Waals surface area contributed by atoms with Crippen LogP contribution in [0, 0.1) is 17.0 Å². The van der Waals surface area contributed by atoms with Gasteiger partial charge < -0.3 is 4.74 Å². The van der Waals surface area contributed by atoms with Gasteiger partial charge in [0.15, 0.2) is 0 Å². The van der Waals surface area contributed by atoms with Crippen LogP contribution >= 0.6 is 0 Å². The van der Waals surface area contributed by atoms with Gasteiger partial charge in [-0.1, -0.05) is 6.07 Å². The van der Waals surface area contributed by atoms with Crippen molar-refractivity contribution in [2.24, 2.45) is 0 Å². The van der Waals surface area contributed by atoms with Crippen molar-refractivity contribution in [1.82, 2.24) is 4.72 Å². The quantitative estimate of drug-likeness (QED) is 0.626. The molecule has 1 N–H and O–H groups in total. The van der Waals surface area contributed by atoms with Crippen molar-refractivity contribution < 1.29 is 18.1 Å². The lowest BCUT2D eigenvalue weighted by atomic mass is 10.2. The van der Waals surface area contributed by atoms with Crippen LogP contribution in [0.3, 0.4) is 0 Å². The maximum Gasteiger partial charge on any atom is 0.270 e. The highest BCUT2D eigenvalue weighted by Crippen LogP contribution is 2.21. The highest BCUT2D eigenvalue weighted by Gasteiger charge is 2.22. The number of methoxy groups -OCH3 is 1. The van der Waals surface area contributed by atoms with E-state index in [1.54, 1.807) is 13.8 Å². The molecule has 19 heavy (non-hydrogen) atoms. The lowest BCUT2D eigenvalue weighted by Crippen LogP contribution is -2.35. The first-order valence-electron chi connectivity index (χ1n) is 5.54. The highest BCUT2D eigenvalue weighted by atomic mass is 32.2. The standard InChI is InChI=1S/C11H16N2O5S/c1-8-4-5-10(13(14)15)6-11(8)19(16,17)12-9(2)7-18-3/h4-6,9,12H,7H2,1-3H3/t9-/m0/s1. The fraction of sp³-hybridized carbons (Fsp3) is 0.455. The van der Waals surface area contributed by atoms with E-state index in [2.05, 4.69) is 4.72 Å². The molecule has 0 heterocycles. The van der Waals surface area contributed by atoms with Gasteiger partial charge in [0.2, 0.25) is 10.0 Å². The second-order valence-electron chi connectivity index (χ2n) is 4.18. The molecule has 0 aliphatic rings. The lowest BCUT2D eigenvalue weighted by molar-refractivity contribution is -0.385. The SMILES string of the molecule is COC[C@H](C)NS(=O)(=O)c1cc([N+](=O)[O-])ccc1C. The zero-order valence-corrected chi connectivity index (χ0v) is 11.7. The van der Waals surface area contributed by atoms with Crippen molar-refractivity contribution in [1.29, 1.82) is 0 Å². The van der Waals surface area contributed by atoms with Crippen molar-refractivity contribution in [3.63, 3.8) is 0 Å². The summed E-state index contributed by atoms with van der Waals surface area (Å²) in [6.07, 6.45) is 0. The molecule has 1 rings (SSSR count). The van der Waals surface area contributed by atoms with Gasteiger partial charge in [-0.3, -0.25) is 10.1 Å². The number of nitrogens with zero attached hydrogens (tertiary/aromatic N) is 1. The molecular formula is C11H16N2O5S. The molecule has 0 aromatic heterocycles. The van der Waals surface area contributed by atoms with Crippen LogP contribution in [0.1, 0.15) is 12.5 Å². The number of rotatable bonds is 6. The maximum absolute atomic E-state index is 12.1. The predicted octanol–water partition coefficient (Wildman–Crippen LogP) is 1.22. The van der Waals surface area contributed by atoms with Crippen molar-refractivity contribution in [3.05, 3.63) is 33.9 Å². The zero-order valence-electron chi connectivity index (χ0n) is 10.9. The second kappa shape index (κ2) is 6.09. The van der Waals surface area contributed by atoms with Gasteiger partial charge in [0.05, 0.1) is 16.4 Å². The summed E-state index contributed by atoms with van der Waals surface area (Å²) >= 11 is 0. The van der Waals surface area contributed by atoms with Crippen LogP contribution < -0.4 is 4.72 Å². The number of non-ortho nitro benzene ring substituents is 1. The fourth-order valence-corrected chi connectivity index (χ4v) is 3.10. The molecule has 0 amide bonds. The smallest absolute Gasteiger partial charge is 0.270 e. The van der Waals surface area contributed by atoms with Crippen LogP contribution in [0.2, 0.25) is 0 Å². The Bertz CT molecular complexity index is 570. The van der Waals surface area contributed by atoms with E-state index in [9.17, 15) is 18.5 Å². The zero-order chi connectivity index (χ0) is 14.6. The second-order valence-corrected chi connectivity index (χ2v) is 5.87. The minimum atomic E-state index is -3.80. The van der Waals surface area contributed by atoms with Crippen molar-refractivity contribution in [2.45, 2.75) is 24.8 Å². The predicted molar refractivity (Wildman–Crippen MR) is 69.5 cm³/mol. The molecule has 0 radical (unpaired) electrons. The molecule has 0 aliphatic heterocycles. The number of nitrogens with one attached hydrogen (secondary N) is 1. The Morgan fingerprint density at radius 2 is 2.11 bits per heavy atom. The fourth-order valence-electron chi connectivity index (χ4n) is 1.60. The lowest BCUT2D eigenvalue weighted by Gasteiger charge is -2.14. The molecule has 0 bridgehead atoms. The summed E-state index contributed by atoms with van der Waals surface area (Å²) in [5, 5.41) is 10.7. The third kappa shape index (κ3) is 3.98. The maximum atomic E-state index is 12.1. The van der Waals surface area contributed by atoms with E-state index in [1.165, 1.54) is 19.2 Å². The molecule has 1 atom stereocenters. The van der Waals surface area contributed by atoms with E-state index in [0.717, 1.165) is 6.07 Å². The van der Waals surface area contributed by atoms with Gasteiger partial charge in [0.25, 0.3) is 5.69 Å². The Morgan fingerprint density at radius 3 is 2.63 bits per heavy atom. The van der Waals surface area contributed by atoms with Crippen LogP contribution in [0.25, 0.3) is 0 Å². The van der Waals surface area contributed by atoms with E-state index >= 15 is 0 Å². The summed E-state index contributed by atoms with van der Waals surface area (Å²) in [6, 6.07) is 3.31. The summed E-state index contributed by atoms with van der Waals surface area (Å²) in [5.41, 5.74) is 0.188. The van der Waals surface area contributed by atoms with Crippen LogP contribution in [0.5, 0.6) is 0 Å². The molecule has 0 aliphatic carbocycles. The molecule has 106 valence electrons. The Morgan fingerprint density at radius 1 is 1.47 bits per heavy atom. The molecular weight excluding hydrogens is 272 g/mol. The van der Waals surface area contributed by atoms with Crippen molar-refractivity contribution in [3.8, 4) is 0 Å². The van der Waals surface area contributed by atoms with Gasteiger partial charge in [-0.2, -0.15) is 0 Å². The van der Waals surface area contributed by atoms with Crippen molar-refractivity contribution in [2.75, 3.05) is 13.7 Å². The monoisotopic (exact) mass is 288 g/mol. The average molecular weight is 288 g/mol. The molecule has 8 heteroatoms. The first kappa shape index (κ1) is 15.5. The summed E-state index contributed by atoms with van der Waals surface area (Å²) in [7, 11) is -2.34. The largest absolute Gasteiger partial charge is 0.383 e. The number of ether oxygens (including phenoxy) is 1. The third-order valence-corrected chi connectivity index (χ3v) is 4.18. The summed E-state index contributed by atoms with van der Waals surface area (Å²) in [6.45, 7) is 3.44. The van der Waals surface area contributed by atoms with Crippen LogP contribution in [-0.4, -0.2) is 33.1 Å². The number of hydrogen-bond donors (Lipinski definition) is 1. The van der Waals surface area contributed by atoms with E-state index in [1.807, 2.05) is 0 Å². The summed E-state index contributed by atoms with van der Waals surface area (Å²) in [4.78, 5) is 9.97. The van der Waals surface area contributed by atoms with Gasteiger partial charge in [0.1, 0.15) is 0 Å². The molecule has 1 aromatic carbocycles. The first-order chi connectivity index (χ1) is 8.77. The van der Waals surface area contributed by atoms with Crippen LogP contribution in [0.4, 0.5) is 5.69 Å². The number of aryl methyl sites for hydroxylation is 1. The number of sulfonamides is 1. The van der Waals surface area contributed by atoms with Crippen LogP contribution in [0.15, 0.2) is 23.1 Å². The van der Waals surface area contributed by atoms with Crippen molar-refractivity contribution >= 4 is 15.7 Å². The number of hydrogen-bond acceptors (Lipinski definition) is 5. The third-order valence-electron chi connectivity index (χ3n) is 2.45. The molecule has 1 aromatic rings. The Hall–Kier alpha value is -1.51. The minimum absolute atomic E-state index is 0.0929. The number of benzene rings is 1. The Balaban J connectivity index is 3.13. The molecule has 0 spiro atoms. The summed E-state index contributed by atoms with van der Waals surface area (Å²) < 4.78 is 31.5. The van der Waals surface area contributed by atoms with Gasteiger partial charge in [-0.05, 0) is 19.4 Å². The number of nitro groups is 1. The average Bonchev–Trinajstić information content (AvgIpc) is 2.28. The molecule has 0 saturated carbocycles. The van der Waals surface area contributed by atoms with Gasteiger partial charge in [0, 0.05) is 25.3 Å². The topological polar surface area (TPSA) is 98.5 Å². The summed E-state index contributed by atoms with van der Waals surface area (Å²) in [5.74, 6) is 0. The molecule has 0 saturated heterocycles. The highest BCUT2D eigenvalue weighted by molar-refractivity contribution is 7.89. The number of nitro benzene ring substituents is 1. The van der Waals surface area contributed by atoms with E-state index in [-0.39, 0.29) is 17.2 Å². The van der Waals surface area contributed by atoms with Crippen LogP contribution in [-0.2, 0) is 14.8 Å². The van der Waals surface area contributed by atoms with E-state index in [0.29, 0.717) is 5.56 Å². The van der Waals surface area contributed by atoms with Gasteiger partial charge in [-0.15, -0.1) is 0 Å². The first-order valence-corrected chi connectivity index (χ1v) is 7.02. The molecule has 7 nitrogen and oxygen atoms in total.